The van der Waals surface area contributed by atoms with Crippen LogP contribution in [0, 0.1) is 11.8 Å². The van der Waals surface area contributed by atoms with Gasteiger partial charge in [-0.1, -0.05) is 66.2 Å². The van der Waals surface area contributed by atoms with Gasteiger partial charge in [0.1, 0.15) is 12.7 Å². The van der Waals surface area contributed by atoms with Gasteiger partial charge in [-0.2, -0.15) is 0 Å². The van der Waals surface area contributed by atoms with Crippen molar-refractivity contribution >= 4 is 12.3 Å². The third kappa shape index (κ3) is 14.3. The molecule has 0 bridgehead atoms. The highest BCUT2D eigenvalue weighted by Crippen LogP contribution is 2.14. The van der Waals surface area contributed by atoms with E-state index >= 15 is 0 Å². The van der Waals surface area contributed by atoms with Crippen molar-refractivity contribution in [3.8, 4) is 0 Å². The summed E-state index contributed by atoms with van der Waals surface area (Å²) in [5, 5.41) is 0. The summed E-state index contributed by atoms with van der Waals surface area (Å²) in [7, 11) is 0. The average Bonchev–Trinajstić information content (AvgIpc) is 2.66. The maximum Gasteiger partial charge on any atom is 0.508 e. The van der Waals surface area contributed by atoms with Crippen LogP contribution in [0.3, 0.4) is 0 Å². The summed E-state index contributed by atoms with van der Waals surface area (Å²) >= 11 is 0. The Labute approximate surface area is 165 Å². The number of hydrogen-bond acceptors (Lipinski definition) is 6. The van der Waals surface area contributed by atoms with E-state index in [0.29, 0.717) is 25.0 Å². The van der Waals surface area contributed by atoms with E-state index in [9.17, 15) is 9.59 Å². The molecule has 0 aromatic carbocycles. The van der Waals surface area contributed by atoms with Crippen LogP contribution in [0.2, 0.25) is 0 Å². The topological polar surface area (TPSA) is 71.1 Å². The van der Waals surface area contributed by atoms with Gasteiger partial charge >= 0.3 is 12.3 Å². The molecule has 0 aliphatic carbocycles. The zero-order chi connectivity index (χ0) is 20.5. The Morgan fingerprint density at radius 1 is 0.704 bits per heavy atom. The molecule has 0 rings (SSSR count). The fourth-order valence-corrected chi connectivity index (χ4v) is 2.63. The van der Waals surface area contributed by atoms with Gasteiger partial charge in [0.15, 0.2) is 0 Å². The normalized spacial score (nSPS) is 14.1. The fraction of sp³-hybridized carbons (Fsp3) is 0.905. The van der Waals surface area contributed by atoms with Crippen molar-refractivity contribution in [2.45, 2.75) is 92.1 Å². The second kappa shape index (κ2) is 16.7. The number of carbonyl (C=O) groups excluding carboxylic acids is 2. The molecule has 6 heteroatoms. The molecule has 0 amide bonds. The molecule has 3 atom stereocenters. The van der Waals surface area contributed by atoms with E-state index < -0.39 is 18.4 Å². The van der Waals surface area contributed by atoms with Crippen LogP contribution in [0.25, 0.3) is 0 Å². The van der Waals surface area contributed by atoms with Gasteiger partial charge in [0.25, 0.3) is 0 Å². The second-order valence-corrected chi connectivity index (χ2v) is 7.19. The van der Waals surface area contributed by atoms with Gasteiger partial charge in [-0.15, -0.1) is 0 Å². The van der Waals surface area contributed by atoms with E-state index in [1.165, 1.54) is 0 Å². The summed E-state index contributed by atoms with van der Waals surface area (Å²) in [6, 6.07) is 0. The standard InChI is InChI=1S/C21H40O6/c1-6-10-12-18(8-3)15-25-20(22)24-14-17(5)27-21(23)26-16-19(9-4)13-11-7-2/h17-19H,6-16H2,1-5H3. The second-order valence-electron chi connectivity index (χ2n) is 7.19. The van der Waals surface area contributed by atoms with Crippen LogP contribution in [0.4, 0.5) is 9.59 Å². The molecule has 6 nitrogen and oxygen atoms in total. The van der Waals surface area contributed by atoms with Crippen LogP contribution in [-0.2, 0) is 18.9 Å². The highest BCUT2D eigenvalue weighted by atomic mass is 16.7. The van der Waals surface area contributed by atoms with Crippen LogP contribution in [0.1, 0.15) is 86.0 Å². The van der Waals surface area contributed by atoms with E-state index in [-0.39, 0.29) is 6.61 Å². The zero-order valence-corrected chi connectivity index (χ0v) is 18.0. The average molecular weight is 389 g/mol. The van der Waals surface area contributed by atoms with Crippen LogP contribution in [0.5, 0.6) is 0 Å². The lowest BCUT2D eigenvalue weighted by atomic mass is 10.0. The number of hydrogen-bond donors (Lipinski definition) is 0. The van der Waals surface area contributed by atoms with Gasteiger partial charge in [0.05, 0.1) is 13.2 Å². The number of rotatable bonds is 15. The minimum Gasteiger partial charge on any atom is -0.434 e. The number of ether oxygens (including phenoxy) is 4. The van der Waals surface area contributed by atoms with E-state index in [4.69, 9.17) is 18.9 Å². The fourth-order valence-electron chi connectivity index (χ4n) is 2.63. The quantitative estimate of drug-likeness (QED) is 0.315. The summed E-state index contributed by atoms with van der Waals surface area (Å²) in [5.41, 5.74) is 0. The van der Waals surface area contributed by atoms with Crippen LogP contribution in [0.15, 0.2) is 0 Å². The minimum atomic E-state index is -0.723. The van der Waals surface area contributed by atoms with Gasteiger partial charge in [0.2, 0.25) is 0 Å². The Hall–Kier alpha value is -1.46. The molecule has 0 aliphatic heterocycles. The third-order valence-electron chi connectivity index (χ3n) is 4.69. The van der Waals surface area contributed by atoms with Gasteiger partial charge in [-0.05, 0) is 31.6 Å². The van der Waals surface area contributed by atoms with Crippen LogP contribution in [-0.4, -0.2) is 38.2 Å². The lowest BCUT2D eigenvalue weighted by Gasteiger charge is -2.17. The Bertz CT molecular complexity index is 385. The van der Waals surface area contributed by atoms with E-state index in [1.807, 2.05) is 0 Å². The Morgan fingerprint density at radius 2 is 1.15 bits per heavy atom. The SMILES string of the molecule is CCCCC(CC)COC(=O)OCC(C)OC(=O)OCC(CC)CCCC. The monoisotopic (exact) mass is 388 g/mol. The molecule has 0 fully saturated rings. The van der Waals surface area contributed by atoms with Gasteiger partial charge in [-0.3, -0.25) is 0 Å². The van der Waals surface area contributed by atoms with Crippen molar-refractivity contribution in [1.82, 2.24) is 0 Å². The number of carbonyl (C=O) groups is 2. The van der Waals surface area contributed by atoms with Crippen molar-refractivity contribution in [3.05, 3.63) is 0 Å². The summed E-state index contributed by atoms with van der Waals surface area (Å²) in [4.78, 5) is 23.4. The first-order valence-electron chi connectivity index (χ1n) is 10.6. The molecule has 160 valence electrons. The molecule has 0 saturated carbocycles. The first-order chi connectivity index (χ1) is 13.0. The first kappa shape index (κ1) is 25.5. The summed E-state index contributed by atoms with van der Waals surface area (Å²) in [5.74, 6) is 0.721. The molecule has 0 aromatic rings. The van der Waals surface area contributed by atoms with Gasteiger partial charge < -0.3 is 18.9 Å². The summed E-state index contributed by atoms with van der Waals surface area (Å²) in [6.45, 7) is 10.8. The summed E-state index contributed by atoms with van der Waals surface area (Å²) in [6.07, 6.45) is 6.51. The Morgan fingerprint density at radius 3 is 1.59 bits per heavy atom. The van der Waals surface area contributed by atoms with Crippen molar-refractivity contribution in [1.29, 1.82) is 0 Å². The molecule has 27 heavy (non-hydrogen) atoms. The maximum absolute atomic E-state index is 11.7. The molecular formula is C21H40O6. The van der Waals surface area contributed by atoms with Gasteiger partial charge in [0, 0.05) is 0 Å². The molecule has 0 aromatic heterocycles. The Kier molecular flexibility index (Phi) is 15.8. The predicted molar refractivity (Wildman–Crippen MR) is 106 cm³/mol. The molecule has 0 saturated heterocycles. The minimum absolute atomic E-state index is 0.0489. The molecule has 0 spiro atoms. The van der Waals surface area contributed by atoms with Crippen LogP contribution >= 0.6 is 0 Å². The van der Waals surface area contributed by atoms with E-state index in [1.54, 1.807) is 6.92 Å². The maximum atomic E-state index is 11.7. The largest absolute Gasteiger partial charge is 0.508 e. The van der Waals surface area contributed by atoms with Crippen molar-refractivity contribution in [2.75, 3.05) is 19.8 Å². The number of unbranched alkanes of at least 4 members (excludes halogenated alkanes) is 2. The highest BCUT2D eigenvalue weighted by molar-refractivity contribution is 5.61. The molecule has 0 N–H and O–H groups in total. The van der Waals surface area contributed by atoms with Gasteiger partial charge in [-0.25, -0.2) is 9.59 Å². The lowest BCUT2D eigenvalue weighted by molar-refractivity contribution is -0.0176. The van der Waals surface area contributed by atoms with Crippen molar-refractivity contribution in [2.24, 2.45) is 11.8 Å². The summed E-state index contributed by atoms with van der Waals surface area (Å²) < 4.78 is 20.4. The molecule has 3 unspecified atom stereocenters. The molecular weight excluding hydrogens is 348 g/mol. The van der Waals surface area contributed by atoms with E-state index in [2.05, 4.69) is 27.7 Å². The molecule has 0 radical (unpaired) electrons. The first-order valence-corrected chi connectivity index (χ1v) is 10.6. The third-order valence-corrected chi connectivity index (χ3v) is 4.69. The Balaban J connectivity index is 3.94. The molecule has 0 heterocycles. The molecule has 0 aliphatic rings. The lowest BCUT2D eigenvalue weighted by Crippen LogP contribution is -2.25. The van der Waals surface area contributed by atoms with Crippen molar-refractivity contribution in [3.63, 3.8) is 0 Å². The zero-order valence-electron chi connectivity index (χ0n) is 18.0. The van der Waals surface area contributed by atoms with E-state index in [0.717, 1.165) is 51.4 Å². The van der Waals surface area contributed by atoms with Crippen LogP contribution < -0.4 is 0 Å². The van der Waals surface area contributed by atoms with Crippen molar-refractivity contribution < 1.29 is 28.5 Å². The smallest absolute Gasteiger partial charge is 0.434 e. The highest BCUT2D eigenvalue weighted by Gasteiger charge is 2.17. The predicted octanol–water partition coefficient (Wildman–Crippen LogP) is 6.11.